The molecule has 0 aromatic carbocycles. The zero-order valence-electron chi connectivity index (χ0n) is 9.21. The van der Waals surface area contributed by atoms with Crippen molar-refractivity contribution >= 4 is 18.0 Å². The molecule has 1 unspecified atom stereocenters. The molecular weight excluding hydrogens is 222 g/mol. The number of aliphatic hydroxyl groups excluding tert-OH is 1. The molecule has 1 aliphatic heterocycles. The number of allylic oxidation sites excluding steroid dienone is 2. The number of carbonyl (C=O) groups excluding carboxylic acids is 1. The molecule has 3 atom stereocenters. The first-order valence-corrected chi connectivity index (χ1v) is 6.61. The van der Waals surface area contributed by atoms with Gasteiger partial charge in [-0.2, -0.15) is 17.0 Å². The van der Waals surface area contributed by atoms with Crippen LogP contribution in [-0.2, 0) is 4.79 Å². The summed E-state index contributed by atoms with van der Waals surface area (Å²) >= 11 is 1.67. The molecule has 3 nitrogen and oxygen atoms in total. The van der Waals surface area contributed by atoms with Crippen LogP contribution in [0.2, 0.25) is 0 Å². The van der Waals surface area contributed by atoms with Gasteiger partial charge in [-0.25, -0.2) is 0 Å². The van der Waals surface area contributed by atoms with Gasteiger partial charge in [0.25, 0.3) is 0 Å². The van der Waals surface area contributed by atoms with Crippen LogP contribution in [0.5, 0.6) is 0 Å². The predicted molar refractivity (Wildman–Crippen MR) is 65.0 cm³/mol. The molecule has 1 N–H and O–H groups in total. The normalized spacial score (nSPS) is 29.4. The number of rotatable bonds is 6. The van der Waals surface area contributed by atoms with Gasteiger partial charge in [-0.15, -0.1) is 0 Å². The Morgan fingerprint density at radius 2 is 2.31 bits per heavy atom. The molecule has 0 spiro atoms. The van der Waals surface area contributed by atoms with Gasteiger partial charge in [0, 0.05) is 17.4 Å². The summed E-state index contributed by atoms with van der Waals surface area (Å²) in [6.45, 7) is 0. The lowest BCUT2D eigenvalue weighted by Gasteiger charge is -2.12. The summed E-state index contributed by atoms with van der Waals surface area (Å²) in [7, 11) is 0. The van der Waals surface area contributed by atoms with Crippen LogP contribution in [0.1, 0.15) is 25.7 Å². The Hall–Kier alpha value is -0.790. The highest BCUT2D eigenvalue weighted by Gasteiger charge is 2.34. The van der Waals surface area contributed by atoms with Crippen molar-refractivity contribution in [2.75, 3.05) is 5.75 Å². The van der Waals surface area contributed by atoms with Crippen LogP contribution in [0, 0.1) is 17.2 Å². The molecule has 0 saturated carbocycles. The number of carbonyl (C=O) groups is 1. The summed E-state index contributed by atoms with van der Waals surface area (Å²) in [5.74, 6) is 0.449. The fraction of sp³-hybridized carbons (Fsp3) is 0.667. The molecule has 4 heteroatoms. The number of hydrogen-bond donors (Lipinski definition) is 1. The van der Waals surface area contributed by atoms with E-state index in [1.807, 2.05) is 0 Å². The maximum absolute atomic E-state index is 10.8. The molecule has 88 valence electrons. The van der Waals surface area contributed by atoms with Crippen molar-refractivity contribution in [3.63, 3.8) is 0 Å². The van der Waals surface area contributed by atoms with Crippen molar-refractivity contribution in [2.45, 2.75) is 37.0 Å². The molecule has 0 aromatic rings. The third kappa shape index (κ3) is 3.99. The Morgan fingerprint density at radius 3 is 3.00 bits per heavy atom. The van der Waals surface area contributed by atoms with Crippen molar-refractivity contribution in [3.05, 3.63) is 12.2 Å². The molecule has 1 rings (SSSR count). The highest BCUT2D eigenvalue weighted by atomic mass is 32.2. The number of nitrogens with zero attached hydrogens (tertiary/aromatic N) is 1. The predicted octanol–water partition coefficient (Wildman–Crippen LogP) is 1.92. The third-order valence-electron chi connectivity index (χ3n) is 2.71. The van der Waals surface area contributed by atoms with Gasteiger partial charge in [-0.05, 0) is 19.3 Å². The Kier molecular flexibility index (Phi) is 6.20. The molecule has 1 aliphatic rings. The minimum absolute atomic E-state index is 0.214. The van der Waals surface area contributed by atoms with Gasteiger partial charge in [0.05, 0.1) is 18.1 Å². The molecule has 1 saturated heterocycles. The lowest BCUT2D eigenvalue weighted by Crippen LogP contribution is -2.24. The van der Waals surface area contributed by atoms with Gasteiger partial charge in [0.15, 0.2) is 0 Å². The SMILES string of the molecule is N#CCCCC=CC[C@H]1SCC(O)[C@@H]1C=O. The largest absolute Gasteiger partial charge is 0.391 e. The maximum atomic E-state index is 10.8. The lowest BCUT2D eigenvalue weighted by atomic mass is 9.99. The smallest absolute Gasteiger partial charge is 0.126 e. The molecule has 0 bridgehead atoms. The number of thioether (sulfide) groups is 1. The molecule has 16 heavy (non-hydrogen) atoms. The zero-order valence-corrected chi connectivity index (χ0v) is 10.0. The van der Waals surface area contributed by atoms with Gasteiger partial charge in [-0.3, -0.25) is 0 Å². The Bertz CT molecular complexity index is 285. The van der Waals surface area contributed by atoms with Crippen LogP contribution >= 0.6 is 11.8 Å². The van der Waals surface area contributed by atoms with Crippen molar-refractivity contribution in [3.8, 4) is 6.07 Å². The van der Waals surface area contributed by atoms with Crippen LogP contribution in [0.15, 0.2) is 12.2 Å². The number of hydrogen-bond acceptors (Lipinski definition) is 4. The molecular formula is C12H17NO2S. The van der Waals surface area contributed by atoms with E-state index in [1.54, 1.807) is 11.8 Å². The number of nitriles is 1. The standard InChI is InChI=1S/C12H17NO2S/c13-7-5-3-1-2-4-6-12-10(8-14)11(15)9-16-12/h2,4,8,10-12,15H,1,3,5-6,9H2/t10-,11?,12+/m0/s1. The summed E-state index contributed by atoms with van der Waals surface area (Å²) in [6, 6.07) is 2.10. The second-order valence-corrected chi connectivity index (χ2v) is 5.18. The van der Waals surface area contributed by atoms with Crippen LogP contribution in [0.4, 0.5) is 0 Å². The summed E-state index contributed by atoms with van der Waals surface area (Å²) in [5, 5.41) is 18.1. The summed E-state index contributed by atoms with van der Waals surface area (Å²) in [4.78, 5) is 10.8. The quantitative estimate of drug-likeness (QED) is 0.437. The first-order chi connectivity index (χ1) is 7.79. The van der Waals surface area contributed by atoms with Gasteiger partial charge < -0.3 is 9.90 Å². The van der Waals surface area contributed by atoms with Crippen LogP contribution in [0.25, 0.3) is 0 Å². The van der Waals surface area contributed by atoms with Crippen LogP contribution in [-0.4, -0.2) is 28.5 Å². The number of aliphatic hydroxyl groups is 1. The van der Waals surface area contributed by atoms with Crippen molar-refractivity contribution in [2.24, 2.45) is 5.92 Å². The molecule has 0 amide bonds. The molecule has 0 aromatic heterocycles. The number of unbranched alkanes of at least 4 members (excludes halogenated alkanes) is 2. The minimum Gasteiger partial charge on any atom is -0.391 e. The van der Waals surface area contributed by atoms with E-state index in [4.69, 9.17) is 5.26 Å². The highest BCUT2D eigenvalue weighted by molar-refractivity contribution is 8.00. The fourth-order valence-electron chi connectivity index (χ4n) is 1.74. The van der Waals surface area contributed by atoms with Gasteiger partial charge in [-0.1, -0.05) is 12.2 Å². The first-order valence-electron chi connectivity index (χ1n) is 5.56. The zero-order chi connectivity index (χ0) is 11.8. The van der Waals surface area contributed by atoms with Crippen LogP contribution < -0.4 is 0 Å². The number of aldehydes is 1. The average Bonchev–Trinajstić information content (AvgIpc) is 2.64. The van der Waals surface area contributed by atoms with E-state index in [0.717, 1.165) is 25.5 Å². The lowest BCUT2D eigenvalue weighted by molar-refractivity contribution is -0.113. The van der Waals surface area contributed by atoms with Crippen molar-refractivity contribution in [1.29, 1.82) is 5.26 Å². The fourth-order valence-corrected chi connectivity index (χ4v) is 3.12. The van der Waals surface area contributed by atoms with E-state index in [2.05, 4.69) is 18.2 Å². The van der Waals surface area contributed by atoms with Gasteiger partial charge >= 0.3 is 0 Å². The monoisotopic (exact) mass is 239 g/mol. The van der Waals surface area contributed by atoms with E-state index in [0.29, 0.717) is 12.2 Å². The minimum atomic E-state index is -0.473. The average molecular weight is 239 g/mol. The van der Waals surface area contributed by atoms with Gasteiger partial charge in [0.1, 0.15) is 6.29 Å². The van der Waals surface area contributed by atoms with Crippen LogP contribution in [0.3, 0.4) is 0 Å². The Balaban J connectivity index is 2.22. The third-order valence-corrected chi connectivity index (χ3v) is 4.18. The molecule has 1 heterocycles. The van der Waals surface area contributed by atoms with E-state index in [9.17, 15) is 9.90 Å². The van der Waals surface area contributed by atoms with Crippen molar-refractivity contribution < 1.29 is 9.90 Å². The van der Waals surface area contributed by atoms with E-state index in [-0.39, 0.29) is 11.2 Å². The van der Waals surface area contributed by atoms with Crippen molar-refractivity contribution in [1.82, 2.24) is 0 Å². The summed E-state index contributed by atoms with van der Waals surface area (Å²) in [5.41, 5.74) is 0. The first kappa shape index (κ1) is 13.3. The van der Waals surface area contributed by atoms with E-state index < -0.39 is 6.10 Å². The molecule has 1 fully saturated rings. The highest BCUT2D eigenvalue weighted by Crippen LogP contribution is 2.33. The van der Waals surface area contributed by atoms with E-state index >= 15 is 0 Å². The van der Waals surface area contributed by atoms with E-state index in [1.165, 1.54) is 0 Å². The second kappa shape index (κ2) is 7.48. The molecule has 0 aliphatic carbocycles. The topological polar surface area (TPSA) is 61.1 Å². The Morgan fingerprint density at radius 1 is 1.50 bits per heavy atom. The second-order valence-electron chi connectivity index (χ2n) is 3.91. The summed E-state index contributed by atoms with van der Waals surface area (Å²) < 4.78 is 0. The Labute approximate surface area is 101 Å². The van der Waals surface area contributed by atoms with Gasteiger partial charge in [0.2, 0.25) is 0 Å². The molecule has 0 radical (unpaired) electrons. The summed E-state index contributed by atoms with van der Waals surface area (Å²) in [6.07, 6.45) is 7.76. The maximum Gasteiger partial charge on any atom is 0.126 e.